The van der Waals surface area contributed by atoms with Crippen LogP contribution in [-0.2, 0) is 17.8 Å². The Morgan fingerprint density at radius 1 is 1.33 bits per heavy atom. The highest BCUT2D eigenvalue weighted by atomic mass is 16.5. The molecule has 104 valence electrons. The van der Waals surface area contributed by atoms with Crippen molar-refractivity contribution in [2.45, 2.75) is 59.7 Å². The van der Waals surface area contributed by atoms with Gasteiger partial charge in [-0.25, -0.2) is 0 Å². The van der Waals surface area contributed by atoms with E-state index in [-0.39, 0.29) is 5.54 Å². The van der Waals surface area contributed by atoms with Gasteiger partial charge in [-0.2, -0.15) is 5.10 Å². The minimum atomic E-state index is 0.138. The predicted molar refractivity (Wildman–Crippen MR) is 74.7 cm³/mol. The van der Waals surface area contributed by atoms with Crippen molar-refractivity contribution in [2.24, 2.45) is 0 Å². The fourth-order valence-electron chi connectivity index (χ4n) is 1.61. The molecule has 1 rings (SSSR count). The van der Waals surface area contributed by atoms with E-state index >= 15 is 0 Å². The number of nitrogens with zero attached hydrogens (tertiary/aromatic N) is 2. The van der Waals surface area contributed by atoms with Gasteiger partial charge < -0.3 is 10.1 Å². The molecule has 18 heavy (non-hydrogen) atoms. The summed E-state index contributed by atoms with van der Waals surface area (Å²) in [5.74, 6) is 0. The molecule has 0 aliphatic rings. The van der Waals surface area contributed by atoms with Gasteiger partial charge in [0.1, 0.15) is 0 Å². The second-order valence-corrected chi connectivity index (χ2v) is 5.72. The lowest BCUT2D eigenvalue weighted by Crippen LogP contribution is -2.35. The first-order valence-electron chi connectivity index (χ1n) is 6.78. The number of rotatable bonds is 7. The highest BCUT2D eigenvalue weighted by molar-refractivity contribution is 5.15. The quantitative estimate of drug-likeness (QED) is 0.759. The van der Waals surface area contributed by atoms with E-state index in [1.165, 1.54) is 5.56 Å². The summed E-state index contributed by atoms with van der Waals surface area (Å²) in [5.41, 5.74) is 2.50. The van der Waals surface area contributed by atoms with Gasteiger partial charge >= 0.3 is 0 Å². The molecule has 4 heteroatoms. The van der Waals surface area contributed by atoms with Gasteiger partial charge in [0.05, 0.1) is 18.8 Å². The van der Waals surface area contributed by atoms with Crippen molar-refractivity contribution >= 4 is 0 Å². The minimum absolute atomic E-state index is 0.138. The maximum Gasteiger partial charge on any atom is 0.0662 e. The first-order chi connectivity index (χ1) is 8.42. The van der Waals surface area contributed by atoms with Crippen LogP contribution in [0.5, 0.6) is 0 Å². The summed E-state index contributed by atoms with van der Waals surface area (Å²) in [6.07, 6.45) is 3.18. The molecule has 1 heterocycles. The Labute approximate surface area is 111 Å². The summed E-state index contributed by atoms with van der Waals surface area (Å²) in [7, 11) is 0. The van der Waals surface area contributed by atoms with E-state index in [0.29, 0.717) is 0 Å². The van der Waals surface area contributed by atoms with Crippen LogP contribution in [0.1, 0.15) is 45.4 Å². The third-order valence-electron chi connectivity index (χ3n) is 2.67. The molecule has 0 aliphatic heterocycles. The van der Waals surface area contributed by atoms with Crippen LogP contribution in [0.25, 0.3) is 0 Å². The summed E-state index contributed by atoms with van der Waals surface area (Å²) >= 11 is 0. The van der Waals surface area contributed by atoms with Gasteiger partial charge in [0, 0.05) is 30.5 Å². The van der Waals surface area contributed by atoms with E-state index in [0.717, 1.165) is 38.4 Å². The normalized spacial score (nSPS) is 12.1. The fraction of sp³-hybridized carbons (Fsp3) is 0.786. The summed E-state index contributed by atoms with van der Waals surface area (Å²) in [4.78, 5) is 0. The molecule has 0 amide bonds. The van der Waals surface area contributed by atoms with Gasteiger partial charge in [-0.15, -0.1) is 0 Å². The van der Waals surface area contributed by atoms with E-state index in [9.17, 15) is 0 Å². The zero-order valence-corrected chi connectivity index (χ0v) is 12.4. The summed E-state index contributed by atoms with van der Waals surface area (Å²) < 4.78 is 7.45. The fourth-order valence-corrected chi connectivity index (χ4v) is 1.61. The van der Waals surface area contributed by atoms with E-state index in [1.807, 2.05) is 4.68 Å². The van der Waals surface area contributed by atoms with Crippen molar-refractivity contribution in [3.63, 3.8) is 0 Å². The van der Waals surface area contributed by atoms with Crippen molar-refractivity contribution in [1.82, 2.24) is 15.1 Å². The lowest BCUT2D eigenvalue weighted by molar-refractivity contribution is 0.124. The van der Waals surface area contributed by atoms with Crippen LogP contribution in [0.2, 0.25) is 0 Å². The molecule has 0 aromatic carbocycles. The Kier molecular flexibility index (Phi) is 5.82. The maximum atomic E-state index is 5.47. The van der Waals surface area contributed by atoms with Crippen LogP contribution in [-0.4, -0.2) is 28.5 Å². The van der Waals surface area contributed by atoms with Crippen LogP contribution in [0.4, 0.5) is 0 Å². The average Bonchev–Trinajstić information content (AvgIpc) is 2.62. The van der Waals surface area contributed by atoms with Crippen molar-refractivity contribution in [2.75, 3.05) is 13.2 Å². The lowest BCUT2D eigenvalue weighted by atomic mass is 10.1. The molecule has 0 spiro atoms. The number of hydrogen-bond acceptors (Lipinski definition) is 3. The van der Waals surface area contributed by atoms with E-state index in [4.69, 9.17) is 4.74 Å². The summed E-state index contributed by atoms with van der Waals surface area (Å²) in [6, 6.07) is 0. The molecule has 0 fully saturated rings. The molecule has 0 aliphatic carbocycles. The van der Waals surface area contributed by atoms with Gasteiger partial charge in [-0.1, -0.05) is 6.92 Å². The molecular formula is C14H27N3O. The molecule has 0 saturated carbocycles. The van der Waals surface area contributed by atoms with E-state index in [1.54, 1.807) is 0 Å². The van der Waals surface area contributed by atoms with Crippen molar-refractivity contribution < 1.29 is 4.74 Å². The number of aromatic nitrogens is 2. The Hall–Kier alpha value is -0.870. The zero-order valence-electron chi connectivity index (χ0n) is 12.4. The van der Waals surface area contributed by atoms with Gasteiger partial charge in [0.2, 0.25) is 0 Å². The number of aryl methyl sites for hydroxylation is 1. The SMILES string of the molecule is CCCOCCn1cc(CNC(C)(C)C)c(C)n1. The first kappa shape index (κ1) is 15.2. The second-order valence-electron chi connectivity index (χ2n) is 5.72. The molecule has 0 saturated heterocycles. The smallest absolute Gasteiger partial charge is 0.0662 e. The Bertz CT molecular complexity index is 352. The van der Waals surface area contributed by atoms with E-state index < -0.39 is 0 Å². The van der Waals surface area contributed by atoms with Crippen molar-refractivity contribution in [1.29, 1.82) is 0 Å². The van der Waals surface area contributed by atoms with Crippen LogP contribution < -0.4 is 5.32 Å². The Morgan fingerprint density at radius 2 is 2.06 bits per heavy atom. The molecule has 1 aromatic heterocycles. The molecule has 0 unspecified atom stereocenters. The molecule has 0 radical (unpaired) electrons. The zero-order chi connectivity index (χ0) is 13.6. The lowest BCUT2D eigenvalue weighted by Gasteiger charge is -2.20. The highest BCUT2D eigenvalue weighted by Crippen LogP contribution is 2.08. The van der Waals surface area contributed by atoms with Crippen LogP contribution in [0.15, 0.2) is 6.20 Å². The largest absolute Gasteiger partial charge is 0.380 e. The third kappa shape index (κ3) is 5.65. The van der Waals surface area contributed by atoms with Gasteiger partial charge in [0.15, 0.2) is 0 Å². The molecule has 4 nitrogen and oxygen atoms in total. The molecule has 1 N–H and O–H groups in total. The van der Waals surface area contributed by atoms with Gasteiger partial charge in [-0.05, 0) is 34.1 Å². The Morgan fingerprint density at radius 3 is 2.67 bits per heavy atom. The van der Waals surface area contributed by atoms with Gasteiger partial charge in [-0.3, -0.25) is 4.68 Å². The molecular weight excluding hydrogens is 226 g/mol. The summed E-state index contributed by atoms with van der Waals surface area (Å²) in [6.45, 7) is 14.0. The van der Waals surface area contributed by atoms with Crippen molar-refractivity contribution in [3.05, 3.63) is 17.5 Å². The van der Waals surface area contributed by atoms with Gasteiger partial charge in [0.25, 0.3) is 0 Å². The minimum Gasteiger partial charge on any atom is -0.380 e. The molecule has 0 atom stereocenters. The monoisotopic (exact) mass is 253 g/mol. The summed E-state index contributed by atoms with van der Waals surface area (Å²) in [5, 5.41) is 7.99. The third-order valence-corrected chi connectivity index (χ3v) is 2.67. The van der Waals surface area contributed by atoms with E-state index in [2.05, 4.69) is 51.2 Å². The highest BCUT2D eigenvalue weighted by Gasteiger charge is 2.11. The second kappa shape index (κ2) is 6.90. The van der Waals surface area contributed by atoms with Crippen LogP contribution in [0, 0.1) is 6.92 Å². The first-order valence-corrected chi connectivity index (χ1v) is 6.78. The van der Waals surface area contributed by atoms with Crippen LogP contribution in [0.3, 0.4) is 0 Å². The molecule has 0 bridgehead atoms. The maximum absolute atomic E-state index is 5.47. The molecule has 1 aromatic rings. The average molecular weight is 253 g/mol. The number of hydrogen-bond donors (Lipinski definition) is 1. The van der Waals surface area contributed by atoms with Crippen molar-refractivity contribution in [3.8, 4) is 0 Å². The number of ether oxygens (including phenoxy) is 1. The topological polar surface area (TPSA) is 39.1 Å². The standard InChI is InChI=1S/C14H27N3O/c1-6-8-18-9-7-17-11-13(12(2)16-17)10-15-14(3,4)5/h11,15H,6-10H2,1-5H3. The Balaban J connectivity index is 2.43. The van der Waals surface area contributed by atoms with Crippen LogP contribution >= 0.6 is 0 Å². The predicted octanol–water partition coefficient (Wildman–Crippen LogP) is 2.51. The number of nitrogens with one attached hydrogen (secondary N) is 1.